The van der Waals surface area contributed by atoms with Crippen molar-refractivity contribution in [1.82, 2.24) is 19.6 Å². The van der Waals surface area contributed by atoms with Crippen LogP contribution in [0.1, 0.15) is 45.2 Å². The number of rotatable bonds is 8. The van der Waals surface area contributed by atoms with Gasteiger partial charge in [0.05, 0.1) is 17.4 Å². The lowest BCUT2D eigenvalue weighted by atomic mass is 9.96. The minimum absolute atomic E-state index is 0.0877. The van der Waals surface area contributed by atoms with Gasteiger partial charge in [-0.2, -0.15) is 0 Å². The second-order valence-corrected chi connectivity index (χ2v) is 8.66. The molecule has 2 aromatic rings. The van der Waals surface area contributed by atoms with Crippen LogP contribution in [-0.2, 0) is 16.6 Å². The maximum Gasteiger partial charge on any atom is 0.295 e. The average molecular weight is 442 g/mol. The summed E-state index contributed by atoms with van der Waals surface area (Å²) < 4.78 is 3.32. The van der Waals surface area contributed by atoms with E-state index in [0.29, 0.717) is 30.3 Å². The van der Waals surface area contributed by atoms with E-state index in [9.17, 15) is 14.4 Å². The third-order valence-corrected chi connectivity index (χ3v) is 6.34. The Morgan fingerprint density at radius 2 is 1.94 bits per heavy atom. The van der Waals surface area contributed by atoms with Crippen LogP contribution in [0.5, 0.6) is 0 Å². The first-order valence-electron chi connectivity index (χ1n) is 11.5. The van der Waals surface area contributed by atoms with Crippen molar-refractivity contribution < 1.29 is 9.59 Å². The maximum atomic E-state index is 13.1. The summed E-state index contributed by atoms with van der Waals surface area (Å²) >= 11 is 0. The van der Waals surface area contributed by atoms with Crippen LogP contribution < -0.4 is 16.2 Å². The quantitative estimate of drug-likeness (QED) is 0.659. The minimum atomic E-state index is -0.367. The van der Waals surface area contributed by atoms with Gasteiger partial charge >= 0.3 is 0 Å². The van der Waals surface area contributed by atoms with Crippen LogP contribution in [0, 0.1) is 12.8 Å². The van der Waals surface area contributed by atoms with Gasteiger partial charge in [0, 0.05) is 26.6 Å². The van der Waals surface area contributed by atoms with Gasteiger partial charge in [0.2, 0.25) is 11.8 Å². The van der Waals surface area contributed by atoms with Gasteiger partial charge < -0.3 is 10.6 Å². The van der Waals surface area contributed by atoms with Crippen molar-refractivity contribution in [1.29, 1.82) is 0 Å². The molecule has 2 atom stereocenters. The van der Waals surface area contributed by atoms with Crippen LogP contribution in [0.3, 0.4) is 0 Å². The highest BCUT2D eigenvalue weighted by molar-refractivity contribution is 5.95. The fourth-order valence-corrected chi connectivity index (χ4v) is 4.30. The first kappa shape index (κ1) is 23.8. The Labute approximate surface area is 189 Å². The second kappa shape index (κ2) is 10.6. The van der Waals surface area contributed by atoms with Gasteiger partial charge in [-0.05, 0) is 57.7 Å². The van der Waals surface area contributed by atoms with Gasteiger partial charge in [-0.1, -0.05) is 25.1 Å². The van der Waals surface area contributed by atoms with Crippen LogP contribution in [0.25, 0.3) is 5.69 Å². The Morgan fingerprint density at radius 3 is 2.62 bits per heavy atom. The molecule has 0 bridgehead atoms. The molecule has 32 heavy (non-hydrogen) atoms. The van der Waals surface area contributed by atoms with E-state index in [1.165, 1.54) is 0 Å². The first-order chi connectivity index (χ1) is 15.3. The molecule has 2 N–H and O–H groups in total. The maximum absolute atomic E-state index is 13.1. The van der Waals surface area contributed by atoms with Crippen LogP contribution >= 0.6 is 0 Å². The van der Waals surface area contributed by atoms with Gasteiger partial charge in [-0.3, -0.25) is 24.0 Å². The lowest BCUT2D eigenvalue weighted by Gasteiger charge is -2.36. The summed E-state index contributed by atoms with van der Waals surface area (Å²) in [5.74, 6) is 0.227. The Bertz CT molecular complexity index is 995. The number of likely N-dealkylation sites (tertiary alicyclic amines) is 1. The second-order valence-electron chi connectivity index (χ2n) is 8.66. The molecular weight excluding hydrogens is 406 g/mol. The molecule has 0 spiro atoms. The molecule has 2 amide bonds. The fourth-order valence-electron chi connectivity index (χ4n) is 4.30. The molecule has 1 saturated heterocycles. The molecule has 2 unspecified atom stereocenters. The zero-order chi connectivity index (χ0) is 23.3. The number of piperidine rings is 1. The molecule has 8 nitrogen and oxygen atoms in total. The zero-order valence-electron chi connectivity index (χ0n) is 19.6. The van der Waals surface area contributed by atoms with Gasteiger partial charge in [-0.15, -0.1) is 0 Å². The number of hydrogen-bond acceptors (Lipinski definition) is 4. The molecule has 3 rings (SSSR count). The van der Waals surface area contributed by atoms with E-state index < -0.39 is 0 Å². The number of nitrogens with one attached hydrogen (secondary N) is 2. The predicted octanol–water partition coefficient (Wildman–Crippen LogP) is 2.44. The largest absolute Gasteiger partial charge is 0.356 e. The van der Waals surface area contributed by atoms with E-state index in [1.807, 2.05) is 58.2 Å². The molecule has 174 valence electrons. The van der Waals surface area contributed by atoms with E-state index in [2.05, 4.69) is 15.5 Å². The summed E-state index contributed by atoms with van der Waals surface area (Å²) in [4.78, 5) is 40.1. The van der Waals surface area contributed by atoms with Crippen molar-refractivity contribution in [2.45, 2.75) is 52.5 Å². The highest BCUT2D eigenvalue weighted by atomic mass is 16.2. The van der Waals surface area contributed by atoms with Crippen LogP contribution in [-0.4, -0.2) is 51.8 Å². The van der Waals surface area contributed by atoms with Crippen molar-refractivity contribution in [2.75, 3.05) is 25.0 Å². The summed E-state index contributed by atoms with van der Waals surface area (Å²) in [5, 5.41) is 5.89. The van der Waals surface area contributed by atoms with Crippen molar-refractivity contribution in [2.24, 2.45) is 13.0 Å². The molecule has 0 saturated carbocycles. The topological polar surface area (TPSA) is 88.4 Å². The number of amides is 2. The number of carbonyl (C=O) groups excluding carboxylic acids is 2. The number of nitrogens with zero attached hydrogens (tertiary/aromatic N) is 3. The Morgan fingerprint density at radius 1 is 1.22 bits per heavy atom. The smallest absolute Gasteiger partial charge is 0.295 e. The van der Waals surface area contributed by atoms with E-state index >= 15 is 0 Å². The Balaban J connectivity index is 1.67. The van der Waals surface area contributed by atoms with Crippen LogP contribution in [0.4, 0.5) is 5.69 Å². The first-order valence-corrected chi connectivity index (χ1v) is 11.5. The van der Waals surface area contributed by atoms with E-state index in [0.717, 1.165) is 38.0 Å². The number of benzene rings is 1. The van der Waals surface area contributed by atoms with Crippen molar-refractivity contribution in [3.63, 3.8) is 0 Å². The molecule has 1 fully saturated rings. The average Bonchev–Trinajstić information content (AvgIpc) is 3.01. The molecule has 2 heterocycles. The van der Waals surface area contributed by atoms with Crippen molar-refractivity contribution >= 4 is 17.5 Å². The molecular formula is C24H35N5O3. The number of hydrogen-bond donors (Lipinski definition) is 2. The third kappa shape index (κ3) is 5.30. The van der Waals surface area contributed by atoms with Crippen LogP contribution in [0.2, 0.25) is 0 Å². The summed E-state index contributed by atoms with van der Waals surface area (Å²) in [6.45, 7) is 7.92. The molecule has 8 heteroatoms. The zero-order valence-corrected chi connectivity index (χ0v) is 19.6. The molecule has 1 aliphatic heterocycles. The molecule has 1 aromatic carbocycles. The number of anilines is 1. The Hall–Kier alpha value is -2.87. The summed E-state index contributed by atoms with van der Waals surface area (Å²) in [6, 6.07) is 9.01. The lowest BCUT2D eigenvalue weighted by molar-refractivity contribution is -0.123. The van der Waals surface area contributed by atoms with Gasteiger partial charge in [-0.25, -0.2) is 4.68 Å². The lowest BCUT2D eigenvalue weighted by Crippen LogP contribution is -2.49. The Kier molecular flexibility index (Phi) is 7.90. The normalized spacial score (nSPS) is 17.7. The molecule has 0 radical (unpaired) electrons. The third-order valence-electron chi connectivity index (χ3n) is 6.34. The van der Waals surface area contributed by atoms with Crippen molar-refractivity contribution in [3.05, 3.63) is 46.4 Å². The number of carbonyl (C=O) groups is 2. The summed E-state index contributed by atoms with van der Waals surface area (Å²) in [6.07, 6.45) is 3.41. The highest BCUT2D eigenvalue weighted by Crippen LogP contribution is 2.20. The minimum Gasteiger partial charge on any atom is -0.356 e. The predicted molar refractivity (Wildman–Crippen MR) is 126 cm³/mol. The fraction of sp³-hybridized carbons (Fsp3) is 0.542. The number of aromatic nitrogens is 2. The monoisotopic (exact) mass is 441 g/mol. The molecule has 0 aliphatic carbocycles. The SMILES string of the molecule is CCCC(=O)NCC1CCCN(C(C)C(=O)Nc2c(C)n(C)n(-c3ccccc3)c2=O)C1. The highest BCUT2D eigenvalue weighted by Gasteiger charge is 2.29. The van der Waals surface area contributed by atoms with E-state index in [1.54, 1.807) is 9.36 Å². The van der Waals surface area contributed by atoms with Crippen LogP contribution in [0.15, 0.2) is 35.1 Å². The van der Waals surface area contributed by atoms with Gasteiger partial charge in [0.15, 0.2) is 0 Å². The molecule has 1 aliphatic rings. The van der Waals surface area contributed by atoms with Crippen molar-refractivity contribution in [3.8, 4) is 5.69 Å². The summed E-state index contributed by atoms with van der Waals surface area (Å²) in [7, 11) is 1.81. The molecule has 1 aromatic heterocycles. The van der Waals surface area contributed by atoms with E-state index in [-0.39, 0.29) is 23.4 Å². The summed E-state index contributed by atoms with van der Waals surface area (Å²) in [5.41, 5.74) is 1.52. The van der Waals surface area contributed by atoms with E-state index in [4.69, 9.17) is 0 Å². The number of para-hydroxylation sites is 1. The standard InChI is InChI=1S/C24H35N5O3/c1-5-10-21(30)25-15-19-11-9-14-28(16-19)18(3)23(31)26-22-17(2)27(4)29(24(22)32)20-12-7-6-8-13-20/h6-8,12-13,18-19H,5,9-11,14-16H2,1-4H3,(H,25,30)(H,26,31). The van der Waals surface area contributed by atoms with Gasteiger partial charge in [0.1, 0.15) is 5.69 Å². The van der Waals surface area contributed by atoms with Gasteiger partial charge in [0.25, 0.3) is 5.56 Å².